The number of carbonyl (C=O) groups is 1. The van der Waals surface area contributed by atoms with E-state index in [1.807, 2.05) is 32.3 Å². The van der Waals surface area contributed by atoms with Crippen molar-refractivity contribution in [3.63, 3.8) is 0 Å². The molecule has 0 bridgehead atoms. The summed E-state index contributed by atoms with van der Waals surface area (Å²) in [5.74, 6) is 0.520. The maximum Gasteiger partial charge on any atom is 0.227 e. The topological polar surface area (TPSA) is 86.8 Å². The highest BCUT2D eigenvalue weighted by atomic mass is 127. The zero-order chi connectivity index (χ0) is 16.9. The Morgan fingerprint density at radius 2 is 2.08 bits per heavy atom. The van der Waals surface area contributed by atoms with Gasteiger partial charge in [0.15, 0.2) is 11.1 Å². The number of nitrogens with one attached hydrogen (secondary N) is 1. The summed E-state index contributed by atoms with van der Waals surface area (Å²) in [5.41, 5.74) is 5.55. The van der Waals surface area contributed by atoms with Gasteiger partial charge in [-0.3, -0.25) is 9.79 Å². The third-order valence-electron chi connectivity index (χ3n) is 3.88. The molecule has 0 aromatic carbocycles. The van der Waals surface area contributed by atoms with Crippen LogP contribution in [0.5, 0.6) is 0 Å². The smallest absolute Gasteiger partial charge is 0.227 e. The first-order chi connectivity index (χ1) is 10.9. The summed E-state index contributed by atoms with van der Waals surface area (Å²) in [4.78, 5) is 25.1. The molecule has 1 aromatic heterocycles. The molecule has 2 heterocycles. The van der Waals surface area contributed by atoms with Gasteiger partial charge in [-0.1, -0.05) is 0 Å². The molecule has 0 saturated carbocycles. The molecule has 0 spiro atoms. The van der Waals surface area contributed by atoms with Crippen LogP contribution >= 0.6 is 35.3 Å². The first-order valence-electron chi connectivity index (χ1n) is 7.91. The Morgan fingerprint density at radius 1 is 1.42 bits per heavy atom. The van der Waals surface area contributed by atoms with Crippen LogP contribution in [0.25, 0.3) is 0 Å². The Morgan fingerprint density at radius 3 is 2.62 bits per heavy atom. The minimum atomic E-state index is -0.552. The van der Waals surface area contributed by atoms with Crippen LogP contribution in [0.1, 0.15) is 20.8 Å². The molecular weight excluding hydrogens is 439 g/mol. The maximum absolute atomic E-state index is 12.0. The fraction of sp³-hybridized carbons (Fsp3) is 0.667. The third-order valence-corrected chi connectivity index (χ3v) is 4.71. The minimum absolute atomic E-state index is 0. The van der Waals surface area contributed by atoms with Gasteiger partial charge in [0.25, 0.3) is 0 Å². The third kappa shape index (κ3) is 5.47. The van der Waals surface area contributed by atoms with Gasteiger partial charge in [-0.15, -0.1) is 35.3 Å². The van der Waals surface area contributed by atoms with E-state index in [1.165, 1.54) is 0 Å². The van der Waals surface area contributed by atoms with E-state index in [0.29, 0.717) is 19.0 Å². The highest BCUT2D eigenvalue weighted by Crippen LogP contribution is 2.19. The van der Waals surface area contributed by atoms with Crippen LogP contribution < -0.4 is 16.0 Å². The number of piperazine rings is 1. The molecule has 24 heavy (non-hydrogen) atoms. The number of anilines is 1. The number of aromatic nitrogens is 1. The van der Waals surface area contributed by atoms with Crippen LogP contribution in [-0.4, -0.2) is 61.0 Å². The fourth-order valence-corrected chi connectivity index (χ4v) is 3.05. The number of aliphatic imine (C=N–C) groups is 1. The van der Waals surface area contributed by atoms with E-state index in [2.05, 4.69) is 25.1 Å². The van der Waals surface area contributed by atoms with E-state index in [1.54, 1.807) is 11.3 Å². The van der Waals surface area contributed by atoms with Gasteiger partial charge in [0.05, 0.1) is 12.0 Å². The fourth-order valence-electron chi connectivity index (χ4n) is 2.35. The lowest BCUT2D eigenvalue weighted by molar-refractivity contribution is -0.128. The van der Waals surface area contributed by atoms with Crippen molar-refractivity contribution in [1.29, 1.82) is 0 Å². The van der Waals surface area contributed by atoms with Crippen LogP contribution in [0.15, 0.2) is 16.6 Å². The predicted molar refractivity (Wildman–Crippen MR) is 110 cm³/mol. The average molecular weight is 466 g/mol. The Kier molecular flexibility index (Phi) is 8.20. The number of hydrogen-bond donors (Lipinski definition) is 2. The van der Waals surface area contributed by atoms with Crippen molar-refractivity contribution < 1.29 is 4.79 Å². The van der Waals surface area contributed by atoms with Gasteiger partial charge in [0, 0.05) is 44.3 Å². The molecule has 2 rings (SSSR count). The second kappa shape index (κ2) is 9.40. The predicted octanol–water partition coefficient (Wildman–Crippen LogP) is 1.36. The van der Waals surface area contributed by atoms with E-state index in [0.717, 1.165) is 31.3 Å². The van der Waals surface area contributed by atoms with Crippen molar-refractivity contribution in [3.05, 3.63) is 11.6 Å². The molecule has 1 amide bonds. The minimum Gasteiger partial charge on any atom is -0.370 e. The molecular formula is C15H27IN6OS. The molecule has 9 heteroatoms. The number of carbonyl (C=O) groups excluding carboxylic acids is 1. The Labute approximate surface area is 164 Å². The van der Waals surface area contributed by atoms with Gasteiger partial charge in [-0.05, 0) is 20.8 Å². The standard InChI is InChI=1S/C15H26N6OS.HI/c1-4-17-12(22)15(2,3)11-19-13(16)20-6-8-21(9-7-20)14-18-5-10-23-14;/h5,10H,4,6-9,11H2,1-3H3,(H2,16,19)(H,17,22);1H. The van der Waals surface area contributed by atoms with E-state index in [-0.39, 0.29) is 29.9 Å². The SMILES string of the molecule is CCNC(=O)C(C)(C)CN=C(N)N1CCN(c2nccs2)CC1.I. The summed E-state index contributed by atoms with van der Waals surface area (Å²) in [5, 5.41) is 5.88. The number of thiazole rings is 1. The van der Waals surface area contributed by atoms with Crippen molar-refractivity contribution in [2.75, 3.05) is 44.2 Å². The van der Waals surface area contributed by atoms with Crippen molar-refractivity contribution in [2.45, 2.75) is 20.8 Å². The van der Waals surface area contributed by atoms with Gasteiger partial charge in [0.2, 0.25) is 5.91 Å². The highest BCUT2D eigenvalue weighted by molar-refractivity contribution is 14.0. The van der Waals surface area contributed by atoms with E-state index >= 15 is 0 Å². The molecule has 0 radical (unpaired) electrons. The van der Waals surface area contributed by atoms with Gasteiger partial charge >= 0.3 is 0 Å². The number of nitrogens with two attached hydrogens (primary N) is 1. The molecule has 0 atom stereocenters. The molecule has 0 aliphatic carbocycles. The lowest BCUT2D eigenvalue weighted by Crippen LogP contribution is -2.51. The largest absolute Gasteiger partial charge is 0.370 e. The van der Waals surface area contributed by atoms with Crippen LogP contribution in [0.4, 0.5) is 5.13 Å². The number of hydrogen-bond acceptors (Lipinski definition) is 5. The first-order valence-corrected chi connectivity index (χ1v) is 8.79. The van der Waals surface area contributed by atoms with Crippen molar-refractivity contribution >= 4 is 52.3 Å². The molecule has 3 N–H and O–H groups in total. The zero-order valence-electron chi connectivity index (χ0n) is 14.5. The number of guanidine groups is 1. The van der Waals surface area contributed by atoms with E-state index < -0.39 is 5.41 Å². The summed E-state index contributed by atoms with van der Waals surface area (Å²) >= 11 is 1.65. The number of nitrogens with zero attached hydrogens (tertiary/aromatic N) is 4. The average Bonchev–Trinajstić information content (AvgIpc) is 3.07. The van der Waals surface area contributed by atoms with Gasteiger partial charge in [-0.2, -0.15) is 0 Å². The highest BCUT2D eigenvalue weighted by Gasteiger charge is 2.27. The summed E-state index contributed by atoms with van der Waals surface area (Å²) < 4.78 is 0. The molecule has 1 aromatic rings. The monoisotopic (exact) mass is 466 g/mol. The molecule has 1 fully saturated rings. The Bertz CT molecular complexity index is 540. The van der Waals surface area contributed by atoms with Crippen LogP contribution in [0.2, 0.25) is 0 Å². The normalized spacial score (nSPS) is 15.9. The maximum atomic E-state index is 12.0. The molecule has 7 nitrogen and oxygen atoms in total. The van der Waals surface area contributed by atoms with Crippen LogP contribution in [-0.2, 0) is 4.79 Å². The summed E-state index contributed by atoms with van der Waals surface area (Å²) in [7, 11) is 0. The molecule has 1 saturated heterocycles. The second-order valence-corrected chi connectivity index (χ2v) is 7.08. The van der Waals surface area contributed by atoms with Crippen LogP contribution in [0, 0.1) is 5.41 Å². The molecule has 136 valence electrons. The number of halogens is 1. The molecule has 1 aliphatic rings. The van der Waals surface area contributed by atoms with Gasteiger partial charge in [0.1, 0.15) is 0 Å². The van der Waals surface area contributed by atoms with Crippen molar-refractivity contribution in [3.8, 4) is 0 Å². The summed E-state index contributed by atoms with van der Waals surface area (Å²) in [6.07, 6.45) is 1.83. The first kappa shape index (κ1) is 20.9. The lowest BCUT2D eigenvalue weighted by Gasteiger charge is -2.35. The van der Waals surface area contributed by atoms with E-state index in [9.17, 15) is 4.79 Å². The summed E-state index contributed by atoms with van der Waals surface area (Å²) in [6, 6.07) is 0. The summed E-state index contributed by atoms with van der Waals surface area (Å²) in [6.45, 7) is 10.1. The van der Waals surface area contributed by atoms with Crippen molar-refractivity contribution in [1.82, 2.24) is 15.2 Å². The molecule has 0 unspecified atom stereocenters. The number of rotatable bonds is 5. The van der Waals surface area contributed by atoms with Crippen molar-refractivity contribution in [2.24, 2.45) is 16.1 Å². The van der Waals surface area contributed by atoms with Gasteiger partial charge in [-0.25, -0.2) is 4.98 Å². The number of amides is 1. The Hall–Kier alpha value is -1.10. The van der Waals surface area contributed by atoms with E-state index in [4.69, 9.17) is 5.73 Å². The lowest BCUT2D eigenvalue weighted by atomic mass is 9.92. The van der Waals surface area contributed by atoms with Crippen LogP contribution in [0.3, 0.4) is 0 Å². The zero-order valence-corrected chi connectivity index (χ0v) is 17.6. The second-order valence-electron chi connectivity index (χ2n) is 6.21. The Balaban J connectivity index is 0.00000288. The van der Waals surface area contributed by atoms with Gasteiger partial charge < -0.3 is 20.9 Å². The quantitative estimate of drug-likeness (QED) is 0.389. The molecule has 1 aliphatic heterocycles.